The van der Waals surface area contributed by atoms with Gasteiger partial charge in [0.05, 0.1) is 25.3 Å². The molecular formula is C21H35NO24. The fourth-order valence-electron chi connectivity index (χ4n) is 4.91. The summed E-state index contributed by atoms with van der Waals surface area (Å²) in [6.07, 6.45) is -0.595. The highest BCUT2D eigenvalue weighted by atomic mass is 16.7. The normalized spacial score (nSPS) is 22.8. The van der Waals surface area contributed by atoms with Crippen LogP contribution in [0.2, 0.25) is 0 Å². The molecule has 0 bridgehead atoms. The summed E-state index contributed by atoms with van der Waals surface area (Å²) in [6, 6.07) is 0. The maximum Gasteiger partial charge on any atom is 0.288 e. The van der Waals surface area contributed by atoms with Gasteiger partial charge in [0.25, 0.3) is 40.9 Å². The van der Waals surface area contributed by atoms with E-state index in [4.69, 9.17) is 35.4 Å². The summed E-state index contributed by atoms with van der Waals surface area (Å²) in [4.78, 5) is 0.538. The molecule has 1 atom stereocenters. The number of rotatable bonds is 12. The molecule has 25 heteroatoms. The van der Waals surface area contributed by atoms with Crippen LogP contribution in [0.5, 0.6) is 28.7 Å². The Hall–Kier alpha value is -2.58. The van der Waals surface area contributed by atoms with E-state index in [0.717, 1.165) is 0 Å². The van der Waals surface area contributed by atoms with Gasteiger partial charge in [-0.2, -0.15) is 0 Å². The molecule has 1 saturated carbocycles. The van der Waals surface area contributed by atoms with Crippen LogP contribution in [0, 0.1) is 0 Å². The van der Waals surface area contributed by atoms with Crippen LogP contribution in [0.4, 0.5) is 0 Å². The van der Waals surface area contributed by atoms with Crippen LogP contribution in [0.1, 0.15) is 12.0 Å². The SMILES string of the molecule is Oc1c(O)c(O)c(C(O)(COCCCN(CC(O)(O)O)CC(O)(O)O)C2(O)C(O)(O)C(O)(O)C(O)(O)C(O)(O)C2(O)O)c(O)c1O. The van der Waals surface area contributed by atoms with Crippen molar-refractivity contribution in [2.45, 2.75) is 58.5 Å². The molecule has 0 heterocycles. The van der Waals surface area contributed by atoms with Gasteiger partial charge in [0.15, 0.2) is 17.1 Å². The number of phenols is 5. The van der Waals surface area contributed by atoms with E-state index in [1.165, 1.54) is 0 Å². The van der Waals surface area contributed by atoms with E-state index in [2.05, 4.69) is 0 Å². The van der Waals surface area contributed by atoms with E-state index in [1.807, 2.05) is 0 Å². The molecule has 0 spiro atoms. The predicted molar refractivity (Wildman–Crippen MR) is 130 cm³/mol. The molecule has 23 N–H and O–H groups in total. The monoisotopic (exact) mass is 685 g/mol. The third kappa shape index (κ3) is 5.65. The largest absolute Gasteiger partial charge is 0.504 e. The van der Waals surface area contributed by atoms with Crippen molar-refractivity contribution in [3.8, 4) is 28.7 Å². The van der Waals surface area contributed by atoms with Gasteiger partial charge >= 0.3 is 0 Å². The first kappa shape index (κ1) is 39.6. The predicted octanol–water partition coefficient (Wildman–Crippen LogP) is -11.5. The van der Waals surface area contributed by atoms with Crippen LogP contribution >= 0.6 is 0 Å². The molecule has 0 aromatic heterocycles. The molecular weight excluding hydrogens is 650 g/mol. The quantitative estimate of drug-likeness (QED) is 0.0420. The Bertz CT molecular complexity index is 1200. The van der Waals surface area contributed by atoms with E-state index in [1.54, 1.807) is 0 Å². The third-order valence-corrected chi connectivity index (χ3v) is 7.28. The first-order chi connectivity index (χ1) is 20.2. The molecule has 25 nitrogen and oxygen atoms in total. The standard InChI is InChI=1S/C21H35NO24/c23-8-7(9(24)11(26)12(27)10(8)25)13(28,6-46-3-1-2-22(4-14(29,30)31)5-15(32,33)34)16(35)17(36,37)19(40,41)21(44,45)20(42,43)18(16,38)39/h23-45H,1-6H2. The van der Waals surface area contributed by atoms with Gasteiger partial charge in [-0.05, 0) is 6.42 Å². The van der Waals surface area contributed by atoms with E-state index >= 15 is 0 Å². The second-order valence-electron chi connectivity index (χ2n) is 10.7. The number of hydrogen-bond acceptors (Lipinski definition) is 25. The van der Waals surface area contributed by atoms with Crippen LogP contribution in [0.15, 0.2) is 0 Å². The van der Waals surface area contributed by atoms with Gasteiger partial charge in [0.1, 0.15) is 0 Å². The van der Waals surface area contributed by atoms with E-state index in [0.29, 0.717) is 4.90 Å². The number of nitrogens with zero attached hydrogens (tertiary/aromatic N) is 1. The number of phenolic OH excluding ortho intramolecular Hbond substituents is 5. The highest BCUT2D eigenvalue weighted by Gasteiger charge is 2.95. The second-order valence-corrected chi connectivity index (χ2v) is 10.7. The average molecular weight is 685 g/mol. The summed E-state index contributed by atoms with van der Waals surface area (Å²) < 4.78 is 4.92. The number of hydrogen-bond donors (Lipinski definition) is 23. The highest BCUT2D eigenvalue weighted by molar-refractivity contribution is 5.69. The third-order valence-electron chi connectivity index (χ3n) is 7.28. The van der Waals surface area contributed by atoms with Gasteiger partial charge in [0, 0.05) is 13.2 Å². The zero-order valence-electron chi connectivity index (χ0n) is 22.9. The summed E-state index contributed by atoms with van der Waals surface area (Å²) in [5.41, 5.74) is -12.3. The van der Waals surface area contributed by atoms with Gasteiger partial charge in [-0.15, -0.1) is 0 Å². The Kier molecular flexibility index (Phi) is 9.93. The molecule has 1 aromatic carbocycles. The lowest BCUT2D eigenvalue weighted by Gasteiger charge is -2.66. The minimum absolute atomic E-state index is 0.538. The van der Waals surface area contributed by atoms with E-state index < -0.39 is 126 Å². The highest BCUT2D eigenvalue weighted by Crippen LogP contribution is 2.63. The van der Waals surface area contributed by atoms with Gasteiger partial charge in [-0.3, -0.25) is 4.90 Å². The fourth-order valence-corrected chi connectivity index (χ4v) is 4.91. The molecule has 2 rings (SSSR count). The Morgan fingerprint density at radius 2 is 0.826 bits per heavy atom. The summed E-state index contributed by atoms with van der Waals surface area (Å²) in [5.74, 6) is -44.1. The molecule has 1 fully saturated rings. The number of ether oxygens (including phenoxy) is 1. The summed E-state index contributed by atoms with van der Waals surface area (Å²) in [7, 11) is 0. The van der Waals surface area contributed by atoms with Crippen molar-refractivity contribution in [3.05, 3.63) is 5.56 Å². The Morgan fingerprint density at radius 3 is 1.17 bits per heavy atom. The molecule has 0 aliphatic heterocycles. The molecule has 1 unspecified atom stereocenters. The Morgan fingerprint density at radius 1 is 0.500 bits per heavy atom. The smallest absolute Gasteiger partial charge is 0.288 e. The van der Waals surface area contributed by atoms with Crippen molar-refractivity contribution in [3.63, 3.8) is 0 Å². The van der Waals surface area contributed by atoms with Gasteiger partial charge < -0.3 is 122 Å². The minimum Gasteiger partial charge on any atom is -0.504 e. The van der Waals surface area contributed by atoms with Crippen LogP contribution in [0.3, 0.4) is 0 Å². The molecule has 268 valence electrons. The fraction of sp³-hybridized carbons (Fsp3) is 0.714. The van der Waals surface area contributed by atoms with Crippen LogP contribution in [-0.4, -0.2) is 202 Å². The zero-order valence-corrected chi connectivity index (χ0v) is 22.9. The van der Waals surface area contributed by atoms with Crippen LogP contribution in [-0.2, 0) is 10.3 Å². The molecule has 1 aliphatic rings. The summed E-state index contributed by atoms with van der Waals surface area (Å²) in [6.45, 7) is -6.23. The second kappa shape index (κ2) is 11.5. The van der Waals surface area contributed by atoms with Crippen LogP contribution < -0.4 is 0 Å². The van der Waals surface area contributed by atoms with Crippen molar-refractivity contribution in [1.29, 1.82) is 0 Å². The van der Waals surface area contributed by atoms with Crippen LogP contribution in [0.25, 0.3) is 0 Å². The molecule has 0 saturated heterocycles. The topological polar surface area (TPSA) is 478 Å². The van der Waals surface area contributed by atoms with Crippen molar-refractivity contribution in [2.24, 2.45) is 0 Å². The molecule has 0 radical (unpaired) electrons. The number of benzene rings is 1. The molecule has 0 amide bonds. The lowest BCUT2D eigenvalue weighted by atomic mass is 9.56. The first-order valence-corrected chi connectivity index (χ1v) is 12.2. The van der Waals surface area contributed by atoms with Gasteiger partial charge in [-0.25, -0.2) is 0 Å². The first-order valence-electron chi connectivity index (χ1n) is 12.2. The van der Waals surface area contributed by atoms with Crippen molar-refractivity contribution < 1.29 is 122 Å². The number of aliphatic hydroxyl groups is 18. The van der Waals surface area contributed by atoms with Crippen molar-refractivity contribution >= 4 is 0 Å². The van der Waals surface area contributed by atoms with E-state index in [-0.39, 0.29) is 0 Å². The zero-order chi connectivity index (χ0) is 36.5. The number of aromatic hydroxyl groups is 5. The van der Waals surface area contributed by atoms with Gasteiger partial charge in [0.2, 0.25) is 22.8 Å². The molecule has 46 heavy (non-hydrogen) atoms. The van der Waals surface area contributed by atoms with Gasteiger partial charge in [-0.1, -0.05) is 0 Å². The maximum atomic E-state index is 11.6. The van der Waals surface area contributed by atoms with Crippen molar-refractivity contribution in [2.75, 3.05) is 32.8 Å². The average Bonchev–Trinajstić information content (AvgIpc) is 2.86. The maximum absolute atomic E-state index is 11.6. The Labute approximate surface area is 253 Å². The van der Waals surface area contributed by atoms with Crippen molar-refractivity contribution in [1.82, 2.24) is 4.90 Å². The lowest BCUT2D eigenvalue weighted by Crippen LogP contribution is -2.98. The Balaban J connectivity index is 2.76. The molecule has 1 aliphatic carbocycles. The lowest BCUT2D eigenvalue weighted by molar-refractivity contribution is -0.624. The summed E-state index contributed by atoms with van der Waals surface area (Å²) >= 11 is 0. The minimum atomic E-state index is -5.53. The van der Waals surface area contributed by atoms with E-state index in [9.17, 15) is 86.8 Å². The summed E-state index contributed by atoms with van der Waals surface area (Å²) in [5, 5.41) is 232. The molecule has 1 aromatic rings.